The van der Waals surface area contributed by atoms with Gasteiger partial charge < -0.3 is 14.6 Å². The first-order valence-electron chi connectivity index (χ1n) is 8.94. The van der Waals surface area contributed by atoms with E-state index >= 15 is 0 Å². The molecule has 0 spiro atoms. The molecule has 0 saturated carbocycles. The highest BCUT2D eigenvalue weighted by Gasteiger charge is 2.19. The van der Waals surface area contributed by atoms with Crippen LogP contribution in [0, 0.1) is 0 Å². The zero-order valence-corrected chi connectivity index (χ0v) is 15.7. The number of H-pyrrole nitrogens is 1. The van der Waals surface area contributed by atoms with Gasteiger partial charge in [0.2, 0.25) is 0 Å². The molecule has 0 atom stereocenters. The van der Waals surface area contributed by atoms with E-state index in [1.165, 1.54) is 0 Å². The number of aromatic nitrogens is 3. The summed E-state index contributed by atoms with van der Waals surface area (Å²) in [6.07, 6.45) is 5.16. The monoisotopic (exact) mass is 372 g/mol. The maximum atomic E-state index is 13.2. The zero-order chi connectivity index (χ0) is 19.5. The summed E-state index contributed by atoms with van der Waals surface area (Å²) < 4.78 is 5.41. The Hall–Kier alpha value is -3.67. The van der Waals surface area contributed by atoms with Crippen molar-refractivity contribution in [3.05, 3.63) is 78.2 Å². The molecule has 0 fully saturated rings. The number of aromatic amines is 1. The van der Waals surface area contributed by atoms with Crippen LogP contribution < -0.4 is 4.74 Å². The van der Waals surface area contributed by atoms with Crippen molar-refractivity contribution in [2.45, 2.75) is 6.54 Å². The van der Waals surface area contributed by atoms with Gasteiger partial charge in [0, 0.05) is 43.1 Å². The van der Waals surface area contributed by atoms with Crippen LogP contribution in [-0.2, 0) is 6.54 Å². The average Bonchev–Trinajstić information content (AvgIpc) is 3.28. The Morgan fingerprint density at radius 3 is 2.71 bits per heavy atom. The Morgan fingerprint density at radius 2 is 1.93 bits per heavy atom. The number of nitrogens with one attached hydrogen (secondary N) is 1. The third kappa shape index (κ3) is 3.20. The smallest absolute Gasteiger partial charge is 0.254 e. The van der Waals surface area contributed by atoms with Gasteiger partial charge in [0.05, 0.1) is 12.7 Å². The van der Waals surface area contributed by atoms with Crippen molar-refractivity contribution in [3.63, 3.8) is 0 Å². The van der Waals surface area contributed by atoms with E-state index in [-0.39, 0.29) is 5.91 Å². The van der Waals surface area contributed by atoms with Crippen molar-refractivity contribution in [1.82, 2.24) is 19.9 Å². The van der Waals surface area contributed by atoms with Crippen molar-refractivity contribution >= 4 is 16.8 Å². The van der Waals surface area contributed by atoms with Crippen LogP contribution in [0.1, 0.15) is 15.9 Å². The number of rotatable bonds is 5. The fraction of sp³-hybridized carbons (Fsp3) is 0.136. The molecule has 0 aliphatic rings. The number of nitrogens with zero attached hydrogens (tertiary/aromatic N) is 3. The standard InChI is InChI=1S/C22H20N4O2/c1-26(14-15-9-10-19(28-2)20-16(15)8-5-11-23-20)22(27)18-7-4-3-6-17(18)21-24-12-13-25-21/h3-13H,14H2,1-2H3,(H,24,25). The molecule has 0 bridgehead atoms. The maximum absolute atomic E-state index is 13.2. The number of ether oxygens (including phenoxy) is 1. The van der Waals surface area contributed by atoms with Gasteiger partial charge in [0.1, 0.15) is 17.1 Å². The van der Waals surface area contributed by atoms with E-state index in [2.05, 4.69) is 15.0 Å². The van der Waals surface area contributed by atoms with Gasteiger partial charge in [-0.1, -0.05) is 30.3 Å². The SMILES string of the molecule is COc1ccc(CN(C)C(=O)c2ccccc2-c2ncc[nH]2)c2cccnc12. The molecule has 4 rings (SSSR count). The number of benzene rings is 2. The van der Waals surface area contributed by atoms with Gasteiger partial charge in [0.15, 0.2) is 0 Å². The molecule has 0 unspecified atom stereocenters. The minimum atomic E-state index is -0.0696. The number of hydrogen-bond acceptors (Lipinski definition) is 4. The molecule has 0 aliphatic carbocycles. The molecule has 140 valence electrons. The number of hydrogen-bond donors (Lipinski definition) is 1. The molecule has 2 heterocycles. The first kappa shape index (κ1) is 17.7. The number of carbonyl (C=O) groups excluding carboxylic acids is 1. The summed E-state index contributed by atoms with van der Waals surface area (Å²) in [5.74, 6) is 1.33. The second-order valence-electron chi connectivity index (χ2n) is 6.47. The number of pyridine rings is 1. The Morgan fingerprint density at radius 1 is 1.07 bits per heavy atom. The van der Waals surface area contributed by atoms with E-state index < -0.39 is 0 Å². The predicted octanol–water partition coefficient (Wildman–Crippen LogP) is 3.91. The minimum absolute atomic E-state index is 0.0696. The molecule has 1 N–H and O–H groups in total. The molecule has 6 nitrogen and oxygen atoms in total. The summed E-state index contributed by atoms with van der Waals surface area (Å²) in [5.41, 5.74) is 3.19. The zero-order valence-electron chi connectivity index (χ0n) is 15.7. The lowest BCUT2D eigenvalue weighted by Crippen LogP contribution is -2.27. The number of imidazole rings is 1. The highest BCUT2D eigenvalue weighted by atomic mass is 16.5. The van der Waals surface area contributed by atoms with Crippen LogP contribution in [-0.4, -0.2) is 39.9 Å². The Kier molecular flexibility index (Phi) is 4.76. The van der Waals surface area contributed by atoms with Crippen LogP contribution in [0.3, 0.4) is 0 Å². The summed E-state index contributed by atoms with van der Waals surface area (Å²) in [7, 11) is 3.43. The fourth-order valence-corrected chi connectivity index (χ4v) is 3.33. The molecule has 6 heteroatoms. The molecule has 2 aromatic heterocycles. The first-order valence-corrected chi connectivity index (χ1v) is 8.94. The molecule has 0 saturated heterocycles. The van der Waals surface area contributed by atoms with Gasteiger partial charge in [-0.05, 0) is 23.8 Å². The summed E-state index contributed by atoms with van der Waals surface area (Å²) in [6.45, 7) is 0.456. The summed E-state index contributed by atoms with van der Waals surface area (Å²) in [5, 5.41) is 0.973. The normalized spacial score (nSPS) is 10.8. The Bertz CT molecular complexity index is 1120. The van der Waals surface area contributed by atoms with Gasteiger partial charge in [-0.15, -0.1) is 0 Å². The van der Waals surface area contributed by atoms with Crippen LogP contribution in [0.4, 0.5) is 0 Å². The van der Waals surface area contributed by atoms with E-state index in [0.29, 0.717) is 17.9 Å². The predicted molar refractivity (Wildman–Crippen MR) is 108 cm³/mol. The lowest BCUT2D eigenvalue weighted by Gasteiger charge is -2.20. The van der Waals surface area contributed by atoms with E-state index in [0.717, 1.165) is 27.8 Å². The molecule has 4 aromatic rings. The average molecular weight is 372 g/mol. The third-order valence-corrected chi connectivity index (χ3v) is 4.71. The quantitative estimate of drug-likeness (QED) is 0.577. The Labute approximate surface area is 162 Å². The number of amides is 1. The van der Waals surface area contributed by atoms with Crippen molar-refractivity contribution in [1.29, 1.82) is 0 Å². The number of carbonyl (C=O) groups is 1. The van der Waals surface area contributed by atoms with Gasteiger partial charge in [0.25, 0.3) is 5.91 Å². The van der Waals surface area contributed by atoms with Crippen molar-refractivity contribution in [3.8, 4) is 17.1 Å². The topological polar surface area (TPSA) is 71.1 Å². The molecule has 1 amide bonds. The van der Waals surface area contributed by atoms with Crippen LogP contribution in [0.2, 0.25) is 0 Å². The van der Waals surface area contributed by atoms with Crippen molar-refractivity contribution in [2.24, 2.45) is 0 Å². The molecule has 0 radical (unpaired) electrons. The van der Waals surface area contributed by atoms with Gasteiger partial charge >= 0.3 is 0 Å². The van der Waals surface area contributed by atoms with Crippen LogP contribution in [0.25, 0.3) is 22.3 Å². The van der Waals surface area contributed by atoms with Gasteiger partial charge in [-0.3, -0.25) is 9.78 Å². The fourth-order valence-electron chi connectivity index (χ4n) is 3.33. The van der Waals surface area contributed by atoms with Gasteiger partial charge in [-0.2, -0.15) is 0 Å². The van der Waals surface area contributed by atoms with E-state index in [4.69, 9.17) is 4.74 Å². The minimum Gasteiger partial charge on any atom is -0.494 e. The van der Waals surface area contributed by atoms with Crippen LogP contribution in [0.5, 0.6) is 5.75 Å². The van der Waals surface area contributed by atoms with E-state index in [1.54, 1.807) is 37.6 Å². The van der Waals surface area contributed by atoms with Crippen LogP contribution >= 0.6 is 0 Å². The maximum Gasteiger partial charge on any atom is 0.254 e. The lowest BCUT2D eigenvalue weighted by atomic mass is 10.0. The molecular formula is C22H20N4O2. The first-order chi connectivity index (χ1) is 13.7. The molecular weight excluding hydrogens is 352 g/mol. The van der Waals surface area contributed by atoms with Crippen molar-refractivity contribution < 1.29 is 9.53 Å². The number of methoxy groups -OCH3 is 1. The number of fused-ring (bicyclic) bond motifs is 1. The Balaban J connectivity index is 1.66. The van der Waals surface area contributed by atoms with Gasteiger partial charge in [-0.25, -0.2) is 4.98 Å². The summed E-state index contributed by atoms with van der Waals surface area (Å²) in [4.78, 5) is 26.7. The molecule has 28 heavy (non-hydrogen) atoms. The third-order valence-electron chi connectivity index (χ3n) is 4.71. The van der Waals surface area contributed by atoms with E-state index in [1.807, 2.05) is 48.5 Å². The molecule has 2 aromatic carbocycles. The van der Waals surface area contributed by atoms with Crippen LogP contribution in [0.15, 0.2) is 67.1 Å². The van der Waals surface area contributed by atoms with E-state index in [9.17, 15) is 4.79 Å². The summed E-state index contributed by atoms with van der Waals surface area (Å²) in [6, 6.07) is 15.2. The lowest BCUT2D eigenvalue weighted by molar-refractivity contribution is 0.0786. The largest absolute Gasteiger partial charge is 0.494 e. The second kappa shape index (κ2) is 7.52. The summed E-state index contributed by atoms with van der Waals surface area (Å²) >= 11 is 0. The molecule has 0 aliphatic heterocycles. The van der Waals surface area contributed by atoms with Crippen molar-refractivity contribution in [2.75, 3.05) is 14.2 Å². The highest BCUT2D eigenvalue weighted by Crippen LogP contribution is 2.28. The second-order valence-corrected chi connectivity index (χ2v) is 6.47. The highest BCUT2D eigenvalue weighted by molar-refractivity contribution is 6.00.